The minimum absolute atomic E-state index is 0.349. The Labute approximate surface area is 133 Å². The molecule has 0 saturated carbocycles. The van der Waals surface area contributed by atoms with Crippen LogP contribution in [0.2, 0.25) is 0 Å². The predicted octanol–water partition coefficient (Wildman–Crippen LogP) is 1.47. The summed E-state index contributed by atoms with van der Waals surface area (Å²) in [5.41, 5.74) is 1.43. The molecule has 0 N–H and O–H groups in total. The maximum absolute atomic E-state index is 11.6. The van der Waals surface area contributed by atoms with Crippen molar-refractivity contribution in [2.75, 3.05) is 52.4 Å². The summed E-state index contributed by atoms with van der Waals surface area (Å²) >= 11 is 0. The summed E-state index contributed by atoms with van der Waals surface area (Å²) in [4.78, 5) is 18.7. The Bertz CT molecular complexity index is 468. The van der Waals surface area contributed by atoms with Crippen molar-refractivity contribution in [2.24, 2.45) is 0 Å². The largest absolute Gasteiger partial charge is 0.341 e. The van der Waals surface area contributed by atoms with E-state index in [0.29, 0.717) is 5.91 Å². The molecule has 2 fully saturated rings. The highest BCUT2D eigenvalue weighted by Gasteiger charge is 2.22. The van der Waals surface area contributed by atoms with Gasteiger partial charge in [0, 0.05) is 58.8 Å². The fraction of sp³-hybridized carbons (Fsp3) is 0.611. The molecule has 0 unspecified atom stereocenters. The van der Waals surface area contributed by atoms with E-state index in [0.717, 1.165) is 71.6 Å². The zero-order valence-corrected chi connectivity index (χ0v) is 13.4. The third-order valence-electron chi connectivity index (χ3n) is 4.88. The van der Waals surface area contributed by atoms with Crippen LogP contribution >= 0.6 is 0 Å². The van der Waals surface area contributed by atoms with Crippen LogP contribution in [-0.2, 0) is 11.2 Å². The highest BCUT2D eigenvalue weighted by atomic mass is 16.2. The van der Waals surface area contributed by atoms with Crippen molar-refractivity contribution in [1.82, 2.24) is 14.7 Å². The molecule has 2 heterocycles. The van der Waals surface area contributed by atoms with Crippen LogP contribution in [0.1, 0.15) is 18.4 Å². The Morgan fingerprint density at radius 3 is 2.14 bits per heavy atom. The van der Waals surface area contributed by atoms with Gasteiger partial charge in [-0.3, -0.25) is 9.69 Å². The second kappa shape index (κ2) is 7.75. The molecule has 1 aromatic rings. The molecule has 0 bridgehead atoms. The minimum atomic E-state index is 0.349. The average molecular weight is 301 g/mol. The molecule has 4 nitrogen and oxygen atoms in total. The van der Waals surface area contributed by atoms with Gasteiger partial charge in [-0.05, 0) is 18.4 Å². The van der Waals surface area contributed by atoms with Crippen molar-refractivity contribution in [3.05, 3.63) is 35.9 Å². The van der Waals surface area contributed by atoms with Crippen LogP contribution in [0.15, 0.2) is 30.3 Å². The predicted molar refractivity (Wildman–Crippen MR) is 88.8 cm³/mol. The molecule has 4 heteroatoms. The van der Waals surface area contributed by atoms with Crippen LogP contribution in [0, 0.1) is 0 Å². The number of carbonyl (C=O) groups is 1. The minimum Gasteiger partial charge on any atom is -0.341 e. The average Bonchev–Trinajstić information content (AvgIpc) is 2.98. The van der Waals surface area contributed by atoms with E-state index in [4.69, 9.17) is 0 Å². The van der Waals surface area contributed by atoms with Crippen molar-refractivity contribution in [1.29, 1.82) is 0 Å². The molecule has 2 aliphatic heterocycles. The maximum Gasteiger partial charge on any atom is 0.222 e. The van der Waals surface area contributed by atoms with Gasteiger partial charge in [-0.2, -0.15) is 0 Å². The number of benzene rings is 1. The molecule has 120 valence electrons. The van der Waals surface area contributed by atoms with E-state index in [9.17, 15) is 4.79 Å². The van der Waals surface area contributed by atoms with Crippen molar-refractivity contribution in [3.63, 3.8) is 0 Å². The van der Waals surface area contributed by atoms with Gasteiger partial charge < -0.3 is 9.80 Å². The smallest absolute Gasteiger partial charge is 0.222 e. The fourth-order valence-electron chi connectivity index (χ4n) is 3.37. The lowest BCUT2D eigenvalue weighted by Crippen LogP contribution is -2.48. The van der Waals surface area contributed by atoms with E-state index in [1.54, 1.807) is 0 Å². The van der Waals surface area contributed by atoms with Crippen molar-refractivity contribution < 1.29 is 4.79 Å². The first kappa shape index (κ1) is 15.5. The quantitative estimate of drug-likeness (QED) is 0.796. The van der Waals surface area contributed by atoms with Crippen LogP contribution in [0.3, 0.4) is 0 Å². The van der Waals surface area contributed by atoms with Gasteiger partial charge >= 0.3 is 0 Å². The summed E-state index contributed by atoms with van der Waals surface area (Å²) in [5.74, 6) is 0.349. The number of rotatable bonds is 6. The van der Waals surface area contributed by atoms with E-state index in [1.807, 2.05) is 4.90 Å². The Morgan fingerprint density at radius 2 is 1.50 bits per heavy atom. The van der Waals surface area contributed by atoms with Crippen LogP contribution in [-0.4, -0.2) is 73.0 Å². The standard InChI is InChI=1S/C18H27N3O/c22-18-7-4-9-21(18)16-15-20-13-11-19(12-14-20)10-8-17-5-2-1-3-6-17/h1-3,5-6H,4,7-16H2. The number of nitrogens with zero attached hydrogens (tertiary/aromatic N) is 3. The number of hydrogen-bond acceptors (Lipinski definition) is 3. The van der Waals surface area contributed by atoms with Gasteiger partial charge in [-0.1, -0.05) is 30.3 Å². The fourth-order valence-corrected chi connectivity index (χ4v) is 3.37. The van der Waals surface area contributed by atoms with Crippen LogP contribution in [0.4, 0.5) is 0 Å². The molecule has 0 aliphatic carbocycles. The molecule has 0 aromatic heterocycles. The van der Waals surface area contributed by atoms with Gasteiger partial charge in [0.15, 0.2) is 0 Å². The van der Waals surface area contributed by atoms with Crippen LogP contribution < -0.4 is 0 Å². The summed E-state index contributed by atoms with van der Waals surface area (Å²) in [6.07, 6.45) is 2.95. The van der Waals surface area contributed by atoms with E-state index in [2.05, 4.69) is 40.1 Å². The van der Waals surface area contributed by atoms with Crippen LogP contribution in [0.5, 0.6) is 0 Å². The zero-order valence-electron chi connectivity index (χ0n) is 13.4. The Hall–Kier alpha value is -1.39. The van der Waals surface area contributed by atoms with E-state index in [-0.39, 0.29) is 0 Å². The normalized spacial score (nSPS) is 20.7. The van der Waals surface area contributed by atoms with Crippen molar-refractivity contribution in [3.8, 4) is 0 Å². The van der Waals surface area contributed by atoms with E-state index in [1.165, 1.54) is 5.56 Å². The first-order valence-electron chi connectivity index (χ1n) is 8.58. The number of piperazine rings is 1. The molecule has 3 rings (SSSR count). The van der Waals surface area contributed by atoms with Gasteiger partial charge in [0.05, 0.1) is 0 Å². The lowest BCUT2D eigenvalue weighted by molar-refractivity contribution is -0.127. The lowest BCUT2D eigenvalue weighted by atomic mass is 10.1. The summed E-state index contributed by atoms with van der Waals surface area (Å²) < 4.78 is 0. The summed E-state index contributed by atoms with van der Waals surface area (Å²) in [7, 11) is 0. The number of amides is 1. The molecule has 0 radical (unpaired) electrons. The van der Waals surface area contributed by atoms with Crippen molar-refractivity contribution >= 4 is 5.91 Å². The topological polar surface area (TPSA) is 26.8 Å². The number of hydrogen-bond donors (Lipinski definition) is 0. The summed E-state index contributed by atoms with van der Waals surface area (Å²) in [6.45, 7) is 8.66. The SMILES string of the molecule is O=C1CCCN1CCN1CCN(CCc2ccccc2)CC1. The van der Waals surface area contributed by atoms with E-state index < -0.39 is 0 Å². The molecule has 0 atom stereocenters. The third kappa shape index (κ3) is 4.31. The van der Waals surface area contributed by atoms with Gasteiger partial charge in [-0.15, -0.1) is 0 Å². The van der Waals surface area contributed by atoms with E-state index >= 15 is 0 Å². The molecule has 2 saturated heterocycles. The van der Waals surface area contributed by atoms with Gasteiger partial charge in [0.25, 0.3) is 0 Å². The Balaban J connectivity index is 1.33. The first-order chi connectivity index (χ1) is 10.8. The highest BCUT2D eigenvalue weighted by molar-refractivity contribution is 5.78. The molecule has 2 aliphatic rings. The van der Waals surface area contributed by atoms with Gasteiger partial charge in [-0.25, -0.2) is 0 Å². The van der Waals surface area contributed by atoms with Gasteiger partial charge in [0.1, 0.15) is 0 Å². The lowest BCUT2D eigenvalue weighted by Gasteiger charge is -2.35. The van der Waals surface area contributed by atoms with Gasteiger partial charge in [0.2, 0.25) is 5.91 Å². The third-order valence-corrected chi connectivity index (χ3v) is 4.88. The highest BCUT2D eigenvalue weighted by Crippen LogP contribution is 2.10. The molecule has 1 amide bonds. The van der Waals surface area contributed by atoms with Crippen LogP contribution in [0.25, 0.3) is 0 Å². The summed E-state index contributed by atoms with van der Waals surface area (Å²) in [6, 6.07) is 10.7. The molecular formula is C18H27N3O. The second-order valence-electron chi connectivity index (χ2n) is 6.40. The molecular weight excluding hydrogens is 274 g/mol. The number of carbonyl (C=O) groups excluding carboxylic acids is 1. The monoisotopic (exact) mass is 301 g/mol. The molecule has 0 spiro atoms. The second-order valence-corrected chi connectivity index (χ2v) is 6.40. The Kier molecular flexibility index (Phi) is 5.46. The number of likely N-dealkylation sites (tertiary alicyclic amines) is 1. The molecule has 1 aromatic carbocycles. The van der Waals surface area contributed by atoms with Crippen molar-refractivity contribution in [2.45, 2.75) is 19.3 Å². The molecule has 22 heavy (non-hydrogen) atoms. The maximum atomic E-state index is 11.6. The first-order valence-corrected chi connectivity index (χ1v) is 8.58. The Morgan fingerprint density at radius 1 is 0.818 bits per heavy atom. The summed E-state index contributed by atoms with van der Waals surface area (Å²) in [5, 5.41) is 0. The zero-order chi connectivity index (χ0) is 15.2.